The SMILES string of the molecule is CCC(CC)(CNC)Cc1ccc(F)cc1F. The molecule has 1 nitrogen and oxygen atoms in total. The fraction of sp³-hybridized carbons (Fsp3) is 0.571. The summed E-state index contributed by atoms with van der Waals surface area (Å²) in [7, 11) is 1.90. The average molecular weight is 241 g/mol. The molecule has 1 aromatic carbocycles. The average Bonchev–Trinajstić information content (AvgIpc) is 2.32. The Labute approximate surface area is 102 Å². The van der Waals surface area contributed by atoms with Crippen molar-refractivity contribution in [1.82, 2.24) is 5.32 Å². The molecular formula is C14H21F2N. The first kappa shape index (κ1) is 14.1. The molecule has 96 valence electrons. The highest BCUT2D eigenvalue weighted by Gasteiger charge is 2.26. The fourth-order valence-electron chi connectivity index (χ4n) is 2.26. The molecule has 0 aromatic heterocycles. The second kappa shape index (κ2) is 6.10. The Morgan fingerprint density at radius 3 is 2.29 bits per heavy atom. The van der Waals surface area contributed by atoms with Crippen molar-refractivity contribution in [3.8, 4) is 0 Å². The second-order valence-electron chi connectivity index (χ2n) is 4.65. The van der Waals surface area contributed by atoms with E-state index in [9.17, 15) is 8.78 Å². The monoisotopic (exact) mass is 241 g/mol. The second-order valence-corrected chi connectivity index (χ2v) is 4.65. The molecule has 0 aliphatic heterocycles. The first-order chi connectivity index (χ1) is 8.06. The molecule has 1 rings (SSSR count). The van der Waals surface area contributed by atoms with E-state index in [-0.39, 0.29) is 5.41 Å². The minimum Gasteiger partial charge on any atom is -0.319 e. The maximum Gasteiger partial charge on any atom is 0.129 e. The van der Waals surface area contributed by atoms with E-state index in [1.807, 2.05) is 7.05 Å². The van der Waals surface area contributed by atoms with E-state index in [1.54, 1.807) is 6.07 Å². The van der Waals surface area contributed by atoms with Crippen molar-refractivity contribution < 1.29 is 8.78 Å². The molecule has 0 fully saturated rings. The van der Waals surface area contributed by atoms with Gasteiger partial charge >= 0.3 is 0 Å². The van der Waals surface area contributed by atoms with Crippen LogP contribution in [0.25, 0.3) is 0 Å². The molecule has 0 saturated heterocycles. The number of rotatable bonds is 6. The Hall–Kier alpha value is -0.960. The molecule has 0 aliphatic carbocycles. The van der Waals surface area contributed by atoms with E-state index in [0.29, 0.717) is 12.0 Å². The molecule has 0 saturated carbocycles. The smallest absolute Gasteiger partial charge is 0.129 e. The predicted molar refractivity (Wildman–Crippen MR) is 67.0 cm³/mol. The molecule has 0 aliphatic rings. The summed E-state index contributed by atoms with van der Waals surface area (Å²) in [4.78, 5) is 0. The summed E-state index contributed by atoms with van der Waals surface area (Å²) in [5.74, 6) is -0.953. The first-order valence-electron chi connectivity index (χ1n) is 6.15. The van der Waals surface area contributed by atoms with Gasteiger partial charge in [0, 0.05) is 12.6 Å². The van der Waals surface area contributed by atoms with Gasteiger partial charge in [-0.2, -0.15) is 0 Å². The quantitative estimate of drug-likeness (QED) is 0.803. The Kier molecular flexibility index (Phi) is 5.06. The molecule has 17 heavy (non-hydrogen) atoms. The highest BCUT2D eigenvalue weighted by Crippen LogP contribution is 2.31. The van der Waals surface area contributed by atoms with Gasteiger partial charge in [-0.3, -0.25) is 0 Å². The summed E-state index contributed by atoms with van der Waals surface area (Å²) in [5.41, 5.74) is 0.651. The van der Waals surface area contributed by atoms with Crippen molar-refractivity contribution in [2.45, 2.75) is 33.1 Å². The summed E-state index contributed by atoms with van der Waals surface area (Å²) in [6, 6.07) is 3.85. The largest absolute Gasteiger partial charge is 0.319 e. The van der Waals surface area contributed by atoms with Gasteiger partial charge < -0.3 is 5.32 Å². The lowest BCUT2D eigenvalue weighted by atomic mass is 9.77. The van der Waals surface area contributed by atoms with Crippen molar-refractivity contribution in [1.29, 1.82) is 0 Å². The van der Waals surface area contributed by atoms with Crippen LogP contribution in [-0.4, -0.2) is 13.6 Å². The van der Waals surface area contributed by atoms with E-state index < -0.39 is 11.6 Å². The van der Waals surface area contributed by atoms with Crippen LogP contribution in [0.5, 0.6) is 0 Å². The van der Waals surface area contributed by atoms with Crippen LogP contribution in [0.2, 0.25) is 0 Å². The van der Waals surface area contributed by atoms with Crippen molar-refractivity contribution in [2.75, 3.05) is 13.6 Å². The number of halogens is 2. The van der Waals surface area contributed by atoms with Crippen LogP contribution in [-0.2, 0) is 6.42 Å². The normalized spacial score (nSPS) is 11.8. The molecule has 0 heterocycles. The van der Waals surface area contributed by atoms with Crippen LogP contribution < -0.4 is 5.32 Å². The van der Waals surface area contributed by atoms with Crippen LogP contribution in [0.1, 0.15) is 32.3 Å². The summed E-state index contributed by atoms with van der Waals surface area (Å²) in [6.07, 6.45) is 2.59. The molecule has 0 spiro atoms. The van der Waals surface area contributed by atoms with Crippen molar-refractivity contribution in [3.05, 3.63) is 35.4 Å². The lowest BCUT2D eigenvalue weighted by molar-refractivity contribution is 0.250. The van der Waals surface area contributed by atoms with Gasteiger partial charge in [-0.25, -0.2) is 8.78 Å². The van der Waals surface area contributed by atoms with E-state index in [4.69, 9.17) is 0 Å². The van der Waals surface area contributed by atoms with E-state index >= 15 is 0 Å². The van der Waals surface area contributed by atoms with Gasteiger partial charge in [0.25, 0.3) is 0 Å². The number of hydrogen-bond donors (Lipinski definition) is 1. The third kappa shape index (κ3) is 3.50. The molecule has 3 heteroatoms. The zero-order valence-corrected chi connectivity index (χ0v) is 10.8. The van der Waals surface area contributed by atoms with Crippen LogP contribution >= 0.6 is 0 Å². The van der Waals surface area contributed by atoms with E-state index in [1.165, 1.54) is 6.07 Å². The molecule has 0 amide bonds. The lowest BCUT2D eigenvalue weighted by Crippen LogP contribution is -2.33. The molecule has 1 N–H and O–H groups in total. The summed E-state index contributed by atoms with van der Waals surface area (Å²) >= 11 is 0. The zero-order chi connectivity index (χ0) is 12.9. The van der Waals surface area contributed by atoms with Gasteiger partial charge in [0.15, 0.2) is 0 Å². The van der Waals surface area contributed by atoms with Crippen LogP contribution in [0, 0.1) is 17.0 Å². The fourth-order valence-corrected chi connectivity index (χ4v) is 2.26. The molecule has 1 aromatic rings. The summed E-state index contributed by atoms with van der Waals surface area (Å²) in [5, 5.41) is 3.17. The van der Waals surface area contributed by atoms with Crippen molar-refractivity contribution in [2.24, 2.45) is 5.41 Å². The van der Waals surface area contributed by atoms with E-state index in [2.05, 4.69) is 19.2 Å². The highest BCUT2D eigenvalue weighted by atomic mass is 19.1. The molecule has 0 radical (unpaired) electrons. The minimum absolute atomic E-state index is 0.0490. The number of benzene rings is 1. The minimum atomic E-state index is -0.515. The van der Waals surface area contributed by atoms with Gasteiger partial charge in [0.05, 0.1) is 0 Å². The van der Waals surface area contributed by atoms with Gasteiger partial charge in [0.2, 0.25) is 0 Å². The van der Waals surface area contributed by atoms with Crippen molar-refractivity contribution >= 4 is 0 Å². The van der Waals surface area contributed by atoms with Gasteiger partial charge in [-0.1, -0.05) is 19.9 Å². The third-order valence-electron chi connectivity index (χ3n) is 3.63. The Balaban J connectivity index is 2.92. The van der Waals surface area contributed by atoms with E-state index in [0.717, 1.165) is 25.5 Å². The topological polar surface area (TPSA) is 12.0 Å². The standard InChI is InChI=1S/C14H21F2N/c1-4-14(5-2,10-17-3)9-11-6-7-12(15)8-13(11)16/h6-8,17H,4-5,9-10H2,1-3H3. The molecule has 0 bridgehead atoms. The molecule has 0 atom stereocenters. The molecule has 0 unspecified atom stereocenters. The zero-order valence-electron chi connectivity index (χ0n) is 10.8. The lowest BCUT2D eigenvalue weighted by Gasteiger charge is -2.32. The van der Waals surface area contributed by atoms with Crippen LogP contribution in [0.15, 0.2) is 18.2 Å². The Morgan fingerprint density at radius 1 is 1.18 bits per heavy atom. The maximum atomic E-state index is 13.6. The van der Waals surface area contributed by atoms with Crippen LogP contribution in [0.3, 0.4) is 0 Å². The summed E-state index contributed by atoms with van der Waals surface area (Å²) in [6.45, 7) is 5.07. The third-order valence-corrected chi connectivity index (χ3v) is 3.63. The highest BCUT2D eigenvalue weighted by molar-refractivity contribution is 5.20. The van der Waals surface area contributed by atoms with Gasteiger partial charge in [-0.05, 0) is 43.4 Å². The maximum absolute atomic E-state index is 13.6. The van der Waals surface area contributed by atoms with Gasteiger partial charge in [0.1, 0.15) is 11.6 Å². The van der Waals surface area contributed by atoms with Crippen LogP contribution in [0.4, 0.5) is 8.78 Å². The van der Waals surface area contributed by atoms with Crippen molar-refractivity contribution in [3.63, 3.8) is 0 Å². The predicted octanol–water partition coefficient (Wildman–Crippen LogP) is 3.53. The Bertz CT molecular complexity index is 359. The number of nitrogens with one attached hydrogen (secondary N) is 1. The first-order valence-corrected chi connectivity index (χ1v) is 6.15. The summed E-state index contributed by atoms with van der Waals surface area (Å²) < 4.78 is 26.5. The van der Waals surface area contributed by atoms with Gasteiger partial charge in [-0.15, -0.1) is 0 Å². The molecular weight excluding hydrogens is 220 g/mol. The number of hydrogen-bond acceptors (Lipinski definition) is 1. The Morgan fingerprint density at radius 2 is 1.82 bits per heavy atom.